The van der Waals surface area contributed by atoms with Gasteiger partial charge in [0.1, 0.15) is 5.82 Å². The number of aromatic nitrogens is 1. The molecule has 0 radical (unpaired) electrons. The Kier molecular flexibility index (Phi) is 6.41. The average molecular weight is 368 g/mol. The Balaban J connectivity index is 2.22. The molecule has 1 heterocycles. The quantitative estimate of drug-likeness (QED) is 0.581. The molecule has 0 saturated heterocycles. The third kappa shape index (κ3) is 4.51. The van der Waals surface area contributed by atoms with E-state index < -0.39 is 17.2 Å². The third-order valence-corrected chi connectivity index (χ3v) is 3.81. The van der Waals surface area contributed by atoms with Gasteiger partial charge in [-0.15, -0.1) is 0 Å². The van der Waals surface area contributed by atoms with Crippen molar-refractivity contribution in [3.05, 3.63) is 62.8 Å². The largest absolute Gasteiger partial charge is 0.487 e. The smallest absolute Gasteiger partial charge is 0.274 e. The van der Waals surface area contributed by atoms with Gasteiger partial charge in [0.2, 0.25) is 5.43 Å². The van der Waals surface area contributed by atoms with E-state index in [0.717, 1.165) is 17.5 Å². The van der Waals surface area contributed by atoms with E-state index in [1.807, 2.05) is 6.92 Å². The third-order valence-electron chi connectivity index (χ3n) is 3.51. The number of ether oxygens (including phenoxy) is 1. The zero-order valence-corrected chi connectivity index (χ0v) is 14.5. The molecular weight excluding hydrogens is 349 g/mol. The molecule has 0 unspecified atom stereocenters. The van der Waals surface area contributed by atoms with E-state index in [1.54, 1.807) is 6.07 Å². The predicted molar refractivity (Wildman–Crippen MR) is 93.8 cm³/mol. The monoisotopic (exact) mass is 367 g/mol. The first-order chi connectivity index (χ1) is 12.0. The van der Waals surface area contributed by atoms with Crippen LogP contribution >= 0.6 is 11.6 Å². The Morgan fingerprint density at radius 2 is 2.16 bits per heavy atom. The molecule has 0 aliphatic heterocycles. The van der Waals surface area contributed by atoms with Crippen LogP contribution in [0.5, 0.6) is 5.75 Å². The second-order valence-corrected chi connectivity index (χ2v) is 5.77. The molecule has 2 aromatic rings. The van der Waals surface area contributed by atoms with Crippen molar-refractivity contribution in [2.75, 3.05) is 12.4 Å². The van der Waals surface area contributed by atoms with Gasteiger partial charge in [0.05, 0.1) is 11.6 Å². The van der Waals surface area contributed by atoms with Gasteiger partial charge in [-0.3, -0.25) is 14.3 Å². The number of benzene rings is 1. The lowest BCUT2D eigenvalue weighted by Gasteiger charge is -2.14. The van der Waals surface area contributed by atoms with Gasteiger partial charge in [-0.2, -0.15) is 0 Å². The number of carbonyl (C=O) groups excluding carboxylic acids is 1. The van der Waals surface area contributed by atoms with Gasteiger partial charge in [-0.05, 0) is 12.5 Å². The van der Waals surface area contributed by atoms with Crippen LogP contribution in [0.3, 0.4) is 0 Å². The molecule has 3 N–H and O–H groups in total. The number of unbranched alkanes of at least 4 members (excludes halogenated alkanes) is 1. The van der Waals surface area contributed by atoms with Crippen LogP contribution in [0, 0.1) is 5.82 Å². The first kappa shape index (κ1) is 18.8. The highest BCUT2D eigenvalue weighted by Gasteiger charge is 2.20. The minimum absolute atomic E-state index is 0.0363. The number of hydrogen-bond acceptors (Lipinski definition) is 4. The van der Waals surface area contributed by atoms with Gasteiger partial charge in [-0.1, -0.05) is 37.1 Å². The highest BCUT2D eigenvalue weighted by atomic mass is 35.5. The van der Waals surface area contributed by atoms with E-state index in [1.165, 1.54) is 24.4 Å². The normalized spacial score (nSPS) is 10.5. The molecule has 134 valence electrons. The van der Waals surface area contributed by atoms with Crippen LogP contribution in [0.25, 0.3) is 0 Å². The Morgan fingerprint density at radius 3 is 2.88 bits per heavy atom. The van der Waals surface area contributed by atoms with E-state index in [9.17, 15) is 14.0 Å². The zero-order valence-electron chi connectivity index (χ0n) is 13.7. The van der Waals surface area contributed by atoms with E-state index in [2.05, 4.69) is 5.32 Å². The molecule has 0 bridgehead atoms. The fraction of sp³-hybridized carbons (Fsp3) is 0.294. The van der Waals surface area contributed by atoms with E-state index in [-0.39, 0.29) is 28.6 Å². The topological polar surface area (TPSA) is 86.3 Å². The number of amides is 1. The SMILES string of the molecule is CCCCOc1c(C(=O)NCc2cccc(Cl)c2F)n(N)ccc1=O. The minimum atomic E-state index is -0.647. The summed E-state index contributed by atoms with van der Waals surface area (Å²) in [5.41, 5.74) is -0.348. The van der Waals surface area contributed by atoms with Crippen molar-refractivity contribution in [2.24, 2.45) is 0 Å². The average Bonchev–Trinajstić information content (AvgIpc) is 2.59. The summed E-state index contributed by atoms with van der Waals surface area (Å²) in [6.45, 7) is 2.16. The number of nitrogens with two attached hydrogens (primary N) is 1. The van der Waals surface area contributed by atoms with Crippen molar-refractivity contribution in [3.8, 4) is 5.75 Å². The van der Waals surface area contributed by atoms with Gasteiger partial charge in [0, 0.05) is 24.4 Å². The molecule has 2 rings (SSSR count). The van der Waals surface area contributed by atoms with Crippen molar-refractivity contribution in [1.82, 2.24) is 9.99 Å². The second kappa shape index (κ2) is 8.53. The molecule has 0 spiro atoms. The maximum absolute atomic E-state index is 13.9. The Bertz CT molecular complexity index is 823. The fourth-order valence-electron chi connectivity index (χ4n) is 2.15. The lowest BCUT2D eigenvalue weighted by atomic mass is 10.2. The molecule has 6 nitrogen and oxygen atoms in total. The molecule has 0 aliphatic carbocycles. The number of nitrogens with zero attached hydrogens (tertiary/aromatic N) is 1. The number of hydrogen-bond donors (Lipinski definition) is 2. The van der Waals surface area contributed by atoms with Crippen LogP contribution in [0.1, 0.15) is 35.8 Å². The summed E-state index contributed by atoms with van der Waals surface area (Å²) >= 11 is 5.72. The molecule has 8 heteroatoms. The molecule has 0 aliphatic rings. The number of rotatable bonds is 7. The van der Waals surface area contributed by atoms with Crippen LogP contribution < -0.4 is 21.3 Å². The van der Waals surface area contributed by atoms with Crippen LogP contribution in [0.4, 0.5) is 4.39 Å². The fourth-order valence-corrected chi connectivity index (χ4v) is 2.35. The van der Waals surface area contributed by atoms with Crippen molar-refractivity contribution in [2.45, 2.75) is 26.3 Å². The lowest BCUT2D eigenvalue weighted by Crippen LogP contribution is -2.32. The summed E-state index contributed by atoms with van der Waals surface area (Å²) in [5.74, 6) is 4.38. The van der Waals surface area contributed by atoms with E-state index in [4.69, 9.17) is 22.2 Å². The summed E-state index contributed by atoms with van der Waals surface area (Å²) in [7, 11) is 0. The van der Waals surface area contributed by atoms with Crippen LogP contribution in [0.15, 0.2) is 35.3 Å². The number of halogens is 2. The molecule has 0 atom stereocenters. The summed E-state index contributed by atoms with van der Waals surface area (Å²) in [5, 5.41) is 2.49. The number of pyridine rings is 1. The molecule has 1 aromatic heterocycles. The lowest BCUT2D eigenvalue weighted by molar-refractivity contribution is 0.0937. The van der Waals surface area contributed by atoms with Crippen molar-refractivity contribution < 1.29 is 13.9 Å². The summed E-state index contributed by atoms with van der Waals surface area (Å²) in [6, 6.07) is 5.71. The molecule has 0 saturated carbocycles. The summed E-state index contributed by atoms with van der Waals surface area (Å²) in [6.07, 6.45) is 2.87. The zero-order chi connectivity index (χ0) is 18.4. The number of carbonyl (C=O) groups is 1. The van der Waals surface area contributed by atoms with E-state index >= 15 is 0 Å². The number of nitrogen functional groups attached to an aromatic ring is 1. The highest BCUT2D eigenvalue weighted by molar-refractivity contribution is 6.30. The Labute approximate surface area is 149 Å². The minimum Gasteiger partial charge on any atom is -0.487 e. The maximum Gasteiger partial charge on any atom is 0.274 e. The van der Waals surface area contributed by atoms with Crippen LogP contribution in [-0.4, -0.2) is 17.2 Å². The molecule has 0 fully saturated rings. The van der Waals surface area contributed by atoms with Gasteiger partial charge >= 0.3 is 0 Å². The van der Waals surface area contributed by atoms with Gasteiger partial charge in [-0.25, -0.2) is 4.39 Å². The molecule has 1 amide bonds. The predicted octanol–water partition coefficient (Wildman–Crippen LogP) is 2.46. The standard InChI is InChI=1S/C17H19ClFN3O3/c1-2-3-9-25-16-13(23)7-8-22(20)15(16)17(24)21-10-11-5-4-6-12(18)14(11)19/h4-8H,2-3,9-10,20H2,1H3,(H,21,24). The van der Waals surface area contributed by atoms with Crippen LogP contribution in [0.2, 0.25) is 5.02 Å². The van der Waals surface area contributed by atoms with E-state index in [0.29, 0.717) is 6.61 Å². The summed E-state index contributed by atoms with van der Waals surface area (Å²) < 4.78 is 20.3. The van der Waals surface area contributed by atoms with Crippen molar-refractivity contribution in [1.29, 1.82) is 0 Å². The van der Waals surface area contributed by atoms with Crippen molar-refractivity contribution >= 4 is 17.5 Å². The van der Waals surface area contributed by atoms with Gasteiger partial charge in [0.15, 0.2) is 11.4 Å². The first-order valence-electron chi connectivity index (χ1n) is 7.80. The van der Waals surface area contributed by atoms with Crippen molar-refractivity contribution in [3.63, 3.8) is 0 Å². The molecule has 25 heavy (non-hydrogen) atoms. The molecule has 1 aromatic carbocycles. The Hall–Kier alpha value is -2.54. The van der Waals surface area contributed by atoms with Gasteiger partial charge in [0.25, 0.3) is 5.91 Å². The van der Waals surface area contributed by atoms with Gasteiger partial charge < -0.3 is 15.9 Å². The maximum atomic E-state index is 13.9. The Morgan fingerprint density at radius 1 is 1.40 bits per heavy atom. The summed E-state index contributed by atoms with van der Waals surface area (Å²) in [4.78, 5) is 24.5. The second-order valence-electron chi connectivity index (χ2n) is 5.36. The van der Waals surface area contributed by atoms with Crippen LogP contribution in [-0.2, 0) is 6.54 Å². The molecular formula is C17H19ClFN3O3. The first-order valence-corrected chi connectivity index (χ1v) is 8.18. The highest BCUT2D eigenvalue weighted by Crippen LogP contribution is 2.18. The number of nitrogens with one attached hydrogen (secondary N) is 1.